The fourth-order valence-corrected chi connectivity index (χ4v) is 1.49. The van der Waals surface area contributed by atoms with Gasteiger partial charge in [-0.25, -0.2) is 0 Å². The Morgan fingerprint density at radius 2 is 1.40 bits per heavy atom. The number of carbonyl (C=O) groups is 1. The fraction of sp³-hybridized carbons (Fsp3) is 0.909. The van der Waals surface area contributed by atoms with Gasteiger partial charge in [0.05, 0.1) is 32.1 Å². The summed E-state index contributed by atoms with van der Waals surface area (Å²) in [6.07, 6.45) is 0. The first-order chi connectivity index (χ1) is 7.01. The summed E-state index contributed by atoms with van der Waals surface area (Å²) in [5, 5.41) is 11.8. The van der Waals surface area contributed by atoms with Gasteiger partial charge in [-0.15, -0.1) is 0 Å². The number of carboxylic acid groups (broad SMARTS) is 1. The molecule has 0 heterocycles. The number of carboxylic acids is 1. The number of rotatable bonds is 6. The van der Waals surface area contributed by atoms with E-state index in [0.29, 0.717) is 0 Å². The number of nitrogens with one attached hydrogen (secondary N) is 1. The Bertz CT molecular complexity index is 139. The Balaban J connectivity index is 0. The second-order valence-electron chi connectivity index (χ2n) is 3.51. The van der Waals surface area contributed by atoms with Gasteiger partial charge in [0.1, 0.15) is 0 Å². The predicted molar refractivity (Wildman–Crippen MR) is 61.4 cm³/mol. The van der Waals surface area contributed by atoms with Crippen molar-refractivity contribution in [3.05, 3.63) is 0 Å². The number of nitrogens with zero attached hydrogens (tertiary/aromatic N) is 1. The van der Waals surface area contributed by atoms with E-state index >= 15 is 0 Å². The molecular weight excluding hydrogens is 192 g/mol. The zero-order valence-electron chi connectivity index (χ0n) is 10.8. The molecule has 4 heteroatoms. The van der Waals surface area contributed by atoms with Crippen LogP contribution < -0.4 is 10.4 Å². The fourth-order valence-electron chi connectivity index (χ4n) is 1.49. The van der Waals surface area contributed by atoms with Crippen molar-refractivity contribution < 1.29 is 14.4 Å². The van der Waals surface area contributed by atoms with E-state index in [1.54, 1.807) is 7.05 Å². The lowest BCUT2D eigenvalue weighted by Gasteiger charge is -2.34. The Kier molecular flexibility index (Phi) is 11.1. The number of hydrogen-bond acceptors (Lipinski definition) is 3. The zero-order chi connectivity index (χ0) is 12.3. The number of aliphatic carboxylic acids is 1. The first-order valence-corrected chi connectivity index (χ1v) is 5.71. The number of hydrogen-bond donors (Lipinski definition) is 1. The van der Waals surface area contributed by atoms with Gasteiger partial charge in [0.2, 0.25) is 0 Å². The van der Waals surface area contributed by atoms with Crippen LogP contribution in [0, 0.1) is 0 Å². The molecule has 0 aromatic carbocycles. The van der Waals surface area contributed by atoms with Crippen molar-refractivity contribution in [2.75, 3.05) is 39.8 Å². The van der Waals surface area contributed by atoms with Crippen LogP contribution in [0.15, 0.2) is 0 Å². The number of likely N-dealkylation sites (N-methyl/N-ethyl adjacent to an activating group) is 1. The van der Waals surface area contributed by atoms with Crippen LogP contribution in [-0.4, -0.2) is 50.2 Å². The minimum atomic E-state index is -1.07. The second kappa shape index (κ2) is 9.93. The van der Waals surface area contributed by atoms with Crippen LogP contribution in [0.4, 0.5) is 0 Å². The summed E-state index contributed by atoms with van der Waals surface area (Å²) in [7, 11) is 1.55. The highest BCUT2D eigenvalue weighted by Crippen LogP contribution is 2.03. The highest BCUT2D eigenvalue weighted by atomic mass is 16.4. The van der Waals surface area contributed by atoms with E-state index in [9.17, 15) is 9.90 Å². The van der Waals surface area contributed by atoms with Crippen LogP contribution in [0.25, 0.3) is 0 Å². The molecule has 15 heavy (non-hydrogen) atoms. The van der Waals surface area contributed by atoms with E-state index in [1.807, 2.05) is 0 Å². The lowest BCUT2D eigenvalue weighted by molar-refractivity contribution is -0.921. The van der Waals surface area contributed by atoms with Crippen molar-refractivity contribution in [2.45, 2.75) is 27.7 Å². The highest BCUT2D eigenvalue weighted by molar-refractivity contribution is 5.66. The van der Waals surface area contributed by atoms with E-state index in [0.717, 1.165) is 0 Å². The molecule has 0 aliphatic rings. The SMILES string of the molecule is CC[N+](CC)(CC)CC.CNCC(=O)[O-]. The second-order valence-corrected chi connectivity index (χ2v) is 3.51. The molecule has 0 rings (SSSR count). The standard InChI is InChI=1S/C8H20N.C3H7NO2/c1-5-9(6-2,7-3)8-4;1-4-2-3(5)6/h5-8H2,1-4H3;4H,2H2,1H3,(H,5,6)/q+1;/p-1. The van der Waals surface area contributed by atoms with Gasteiger partial charge in [0, 0.05) is 6.54 Å². The molecule has 0 bridgehead atoms. The van der Waals surface area contributed by atoms with E-state index in [1.165, 1.54) is 30.7 Å². The molecule has 0 aliphatic heterocycles. The Morgan fingerprint density at radius 3 is 1.40 bits per heavy atom. The normalized spacial score (nSPS) is 10.5. The molecule has 0 unspecified atom stereocenters. The maximum absolute atomic E-state index is 9.43. The van der Waals surface area contributed by atoms with Gasteiger partial charge >= 0.3 is 0 Å². The highest BCUT2D eigenvalue weighted by Gasteiger charge is 2.16. The van der Waals surface area contributed by atoms with Crippen LogP contribution in [-0.2, 0) is 4.79 Å². The first-order valence-electron chi connectivity index (χ1n) is 5.71. The topological polar surface area (TPSA) is 52.2 Å². The summed E-state index contributed by atoms with van der Waals surface area (Å²) in [5.41, 5.74) is 0. The lowest BCUT2D eigenvalue weighted by Crippen LogP contribution is -2.47. The maximum Gasteiger partial charge on any atom is 0.0757 e. The molecule has 92 valence electrons. The van der Waals surface area contributed by atoms with E-state index in [-0.39, 0.29) is 6.54 Å². The summed E-state index contributed by atoms with van der Waals surface area (Å²) >= 11 is 0. The summed E-state index contributed by atoms with van der Waals surface area (Å²) < 4.78 is 1.28. The van der Waals surface area contributed by atoms with Gasteiger partial charge in [-0.3, -0.25) is 0 Å². The Hall–Kier alpha value is -0.610. The molecule has 0 saturated heterocycles. The molecular formula is C11H26N2O2. The third-order valence-electron chi connectivity index (χ3n) is 3.00. The largest absolute Gasteiger partial charge is 0.549 e. The van der Waals surface area contributed by atoms with Crippen LogP contribution in [0.5, 0.6) is 0 Å². The molecule has 0 saturated carbocycles. The minimum absolute atomic E-state index is 0.0694. The Morgan fingerprint density at radius 1 is 1.07 bits per heavy atom. The van der Waals surface area contributed by atoms with Gasteiger partial charge in [-0.1, -0.05) is 0 Å². The smallest absolute Gasteiger partial charge is 0.0757 e. The van der Waals surface area contributed by atoms with Crippen molar-refractivity contribution in [3.63, 3.8) is 0 Å². The minimum Gasteiger partial charge on any atom is -0.549 e. The molecule has 1 N–H and O–H groups in total. The summed E-state index contributed by atoms with van der Waals surface area (Å²) in [4.78, 5) is 9.43. The van der Waals surface area contributed by atoms with Crippen LogP contribution in [0.2, 0.25) is 0 Å². The molecule has 0 spiro atoms. The van der Waals surface area contributed by atoms with Crippen LogP contribution in [0.3, 0.4) is 0 Å². The first kappa shape index (κ1) is 16.8. The molecule has 0 radical (unpaired) electrons. The summed E-state index contributed by atoms with van der Waals surface area (Å²) in [5.74, 6) is -1.07. The predicted octanol–water partition coefficient (Wildman–Crippen LogP) is -0.161. The summed E-state index contributed by atoms with van der Waals surface area (Å²) in [6.45, 7) is 14.2. The molecule has 4 nitrogen and oxygen atoms in total. The quantitative estimate of drug-likeness (QED) is 0.630. The van der Waals surface area contributed by atoms with Gasteiger partial charge in [0.25, 0.3) is 0 Å². The van der Waals surface area contributed by atoms with Gasteiger partial charge in [-0.2, -0.15) is 0 Å². The Labute approximate surface area is 93.9 Å². The van der Waals surface area contributed by atoms with Crippen molar-refractivity contribution in [2.24, 2.45) is 0 Å². The molecule has 0 aromatic heterocycles. The third-order valence-corrected chi connectivity index (χ3v) is 3.00. The average Bonchev–Trinajstić information content (AvgIpc) is 2.23. The van der Waals surface area contributed by atoms with Crippen molar-refractivity contribution >= 4 is 5.97 Å². The lowest BCUT2D eigenvalue weighted by atomic mass is 10.3. The van der Waals surface area contributed by atoms with E-state index < -0.39 is 5.97 Å². The third kappa shape index (κ3) is 8.39. The maximum atomic E-state index is 9.43. The van der Waals surface area contributed by atoms with E-state index in [4.69, 9.17) is 0 Å². The van der Waals surface area contributed by atoms with Crippen molar-refractivity contribution in [1.82, 2.24) is 5.32 Å². The average molecular weight is 218 g/mol. The molecule has 0 amide bonds. The van der Waals surface area contributed by atoms with Gasteiger partial charge in [0.15, 0.2) is 0 Å². The molecule has 0 aromatic rings. The number of carbonyl (C=O) groups excluding carboxylic acids is 1. The van der Waals surface area contributed by atoms with E-state index in [2.05, 4.69) is 33.0 Å². The molecule has 0 aliphatic carbocycles. The van der Waals surface area contributed by atoms with Crippen LogP contribution >= 0.6 is 0 Å². The van der Waals surface area contributed by atoms with Crippen molar-refractivity contribution in [3.8, 4) is 0 Å². The van der Waals surface area contributed by atoms with Gasteiger partial charge in [-0.05, 0) is 34.7 Å². The zero-order valence-corrected chi connectivity index (χ0v) is 10.8. The molecule has 0 fully saturated rings. The van der Waals surface area contributed by atoms with Crippen LogP contribution in [0.1, 0.15) is 27.7 Å². The van der Waals surface area contributed by atoms with Gasteiger partial charge < -0.3 is 19.7 Å². The summed E-state index contributed by atoms with van der Waals surface area (Å²) in [6, 6.07) is 0. The number of quaternary nitrogens is 1. The monoisotopic (exact) mass is 218 g/mol. The molecule has 0 atom stereocenters. The van der Waals surface area contributed by atoms with Crippen molar-refractivity contribution in [1.29, 1.82) is 0 Å².